The standard InChI is InChI=1S/C32H36SSi/c1-33(2,3)27-11-7-21-19-31-23(15-25(21)17-27)9-13-30-29(31)14-10-24-16-26-18-28(34(4,5)6)12-8-22(26)20-32(24)30/h7-16,18-19,22,27H,17,20H2,1-6H3/q-1. The molecule has 0 nitrogen and oxygen atoms in total. The van der Waals surface area contributed by atoms with Gasteiger partial charge in [-0.15, -0.1) is 8.07 Å². The molecule has 0 amide bonds. The van der Waals surface area contributed by atoms with Crippen LogP contribution in [0.4, 0.5) is 0 Å². The van der Waals surface area contributed by atoms with Gasteiger partial charge in [0.1, 0.15) is 0 Å². The van der Waals surface area contributed by atoms with Gasteiger partial charge in [-0.05, 0) is 87.0 Å². The van der Waals surface area contributed by atoms with Crippen molar-refractivity contribution in [3.63, 3.8) is 0 Å². The Morgan fingerprint density at radius 1 is 0.765 bits per heavy atom. The van der Waals surface area contributed by atoms with E-state index in [0.717, 1.165) is 6.42 Å². The highest BCUT2D eigenvalue weighted by Gasteiger charge is 2.25. The Morgan fingerprint density at radius 3 is 2.32 bits per heavy atom. The predicted molar refractivity (Wildman–Crippen MR) is 159 cm³/mol. The Balaban J connectivity index is 1.46. The molecule has 34 heavy (non-hydrogen) atoms. The Kier molecular flexibility index (Phi) is 4.96. The maximum Gasteiger partial charge on any atom is 0.0106 e. The van der Waals surface area contributed by atoms with Crippen LogP contribution in [0.2, 0.25) is 19.6 Å². The molecule has 3 aliphatic carbocycles. The van der Waals surface area contributed by atoms with E-state index in [-0.39, 0.29) is 0 Å². The van der Waals surface area contributed by atoms with Crippen molar-refractivity contribution in [3.05, 3.63) is 93.7 Å². The van der Waals surface area contributed by atoms with Crippen LogP contribution in [0.3, 0.4) is 0 Å². The molecular formula is C32H36SSi-. The molecule has 2 unspecified atom stereocenters. The summed E-state index contributed by atoms with van der Waals surface area (Å²) in [4.78, 5) is 0. The maximum atomic E-state index is 2.50. The molecule has 0 saturated heterocycles. The van der Waals surface area contributed by atoms with Gasteiger partial charge in [0.05, 0.1) is 0 Å². The Labute approximate surface area is 207 Å². The average molecular weight is 481 g/mol. The van der Waals surface area contributed by atoms with Gasteiger partial charge in [-0.3, -0.25) is 0 Å². The van der Waals surface area contributed by atoms with Crippen LogP contribution in [-0.4, -0.2) is 32.1 Å². The normalized spacial score (nSPS) is 22.2. The predicted octanol–water partition coefficient (Wildman–Crippen LogP) is 8.55. The summed E-state index contributed by atoms with van der Waals surface area (Å²) < 4.78 is 0. The van der Waals surface area contributed by atoms with Gasteiger partial charge >= 0.3 is 0 Å². The average Bonchev–Trinajstić information content (AvgIpc) is 2.79. The second-order valence-corrected chi connectivity index (χ2v) is 21.8. The molecule has 0 N–H and O–H groups in total. The lowest BCUT2D eigenvalue weighted by Gasteiger charge is -2.36. The zero-order chi connectivity index (χ0) is 23.8. The third-order valence-electron chi connectivity index (χ3n) is 8.11. The van der Waals surface area contributed by atoms with Gasteiger partial charge in [-0.2, -0.15) is 24.8 Å². The summed E-state index contributed by atoms with van der Waals surface area (Å²) in [6.07, 6.45) is 24.3. The van der Waals surface area contributed by atoms with Crippen LogP contribution in [0, 0.1) is 5.92 Å². The molecule has 0 heterocycles. The summed E-state index contributed by atoms with van der Waals surface area (Å²) in [7, 11) is -1.88. The quantitative estimate of drug-likeness (QED) is 0.254. The molecule has 0 aliphatic heterocycles. The van der Waals surface area contributed by atoms with Gasteiger partial charge in [0.25, 0.3) is 0 Å². The Morgan fingerprint density at radius 2 is 1.56 bits per heavy atom. The zero-order valence-electron chi connectivity index (χ0n) is 21.4. The highest BCUT2D eigenvalue weighted by Crippen LogP contribution is 2.46. The lowest BCUT2D eigenvalue weighted by Crippen LogP contribution is -2.25. The van der Waals surface area contributed by atoms with Crippen molar-refractivity contribution in [2.75, 3.05) is 18.8 Å². The van der Waals surface area contributed by atoms with Gasteiger partial charge in [-0.25, -0.2) is 10.0 Å². The van der Waals surface area contributed by atoms with Crippen molar-refractivity contribution in [2.24, 2.45) is 5.92 Å². The zero-order valence-corrected chi connectivity index (χ0v) is 23.2. The molecule has 0 fully saturated rings. The topological polar surface area (TPSA) is 0 Å². The van der Waals surface area contributed by atoms with E-state index in [2.05, 4.69) is 111 Å². The molecule has 175 valence electrons. The van der Waals surface area contributed by atoms with Crippen molar-refractivity contribution >= 4 is 51.8 Å². The molecule has 2 atom stereocenters. The maximum absolute atomic E-state index is 2.50. The summed E-state index contributed by atoms with van der Waals surface area (Å²) in [5.74, 6) is 0.511. The van der Waals surface area contributed by atoms with E-state index < -0.39 is 18.1 Å². The lowest BCUT2D eigenvalue weighted by molar-refractivity contribution is 0.762. The minimum absolute atomic E-state index is 0.511. The van der Waals surface area contributed by atoms with Crippen molar-refractivity contribution < 1.29 is 0 Å². The van der Waals surface area contributed by atoms with Crippen LogP contribution in [0.25, 0.3) is 33.7 Å². The monoisotopic (exact) mass is 480 g/mol. The van der Waals surface area contributed by atoms with Crippen LogP contribution < -0.4 is 0 Å². The molecule has 3 aromatic rings. The summed E-state index contributed by atoms with van der Waals surface area (Å²) in [5.41, 5.74) is 7.37. The molecule has 6 rings (SSSR count). The van der Waals surface area contributed by atoms with Crippen molar-refractivity contribution in [3.8, 4) is 0 Å². The fraction of sp³-hybridized carbons (Fsp3) is 0.312. The number of benzene rings is 3. The molecule has 0 bridgehead atoms. The number of hydrogen-bond acceptors (Lipinski definition) is 0. The molecule has 3 aromatic carbocycles. The van der Waals surface area contributed by atoms with E-state index in [9.17, 15) is 0 Å². The van der Waals surface area contributed by atoms with E-state index >= 15 is 0 Å². The summed E-state index contributed by atoms with van der Waals surface area (Å²) >= 11 is 0. The fourth-order valence-electron chi connectivity index (χ4n) is 5.87. The van der Waals surface area contributed by atoms with Crippen molar-refractivity contribution in [1.29, 1.82) is 0 Å². The first-order chi connectivity index (χ1) is 16.1. The first-order valence-electron chi connectivity index (χ1n) is 12.6. The molecule has 0 spiro atoms. The third-order valence-corrected chi connectivity index (χ3v) is 12.3. The first-order valence-corrected chi connectivity index (χ1v) is 19.0. The second kappa shape index (κ2) is 7.60. The number of allylic oxidation sites excluding steroid dienone is 5. The van der Waals surface area contributed by atoms with E-state index in [4.69, 9.17) is 0 Å². The van der Waals surface area contributed by atoms with Crippen LogP contribution in [0.15, 0.2) is 71.5 Å². The second-order valence-electron chi connectivity index (χ2n) is 12.3. The molecular weight excluding hydrogens is 445 g/mol. The first kappa shape index (κ1) is 22.2. The van der Waals surface area contributed by atoms with Crippen molar-refractivity contribution in [1.82, 2.24) is 0 Å². The molecule has 2 heteroatoms. The third kappa shape index (κ3) is 3.67. The van der Waals surface area contributed by atoms with Gasteiger partial charge in [0, 0.05) is 11.2 Å². The minimum atomic E-state index is -1.30. The van der Waals surface area contributed by atoms with E-state index in [0.29, 0.717) is 11.2 Å². The van der Waals surface area contributed by atoms with Gasteiger partial charge < -0.3 is 0 Å². The SMILES string of the molecule is C[Si-](C)(C)C1=CC2=Cc3ccc4c(ccc5cc6c(cc54)C=CC(S(C)(C)C)C6)c3CC2C=C1. The molecule has 0 saturated carbocycles. The highest BCUT2D eigenvalue weighted by atomic mass is 32.3. The minimum Gasteiger partial charge on any atom is -0.243 e. The molecule has 0 aromatic heterocycles. The summed E-state index contributed by atoms with van der Waals surface area (Å²) in [6, 6.07) is 14.4. The molecule has 0 radical (unpaired) electrons. The van der Waals surface area contributed by atoms with Crippen LogP contribution in [-0.2, 0) is 12.8 Å². The number of rotatable bonds is 2. The van der Waals surface area contributed by atoms with E-state index in [1.165, 1.54) is 55.8 Å². The van der Waals surface area contributed by atoms with Crippen LogP contribution >= 0.6 is 10.0 Å². The fourth-order valence-corrected chi connectivity index (χ4v) is 8.30. The Bertz CT molecular complexity index is 1470. The molecule has 3 aliphatic rings. The van der Waals surface area contributed by atoms with Crippen molar-refractivity contribution in [2.45, 2.75) is 37.7 Å². The largest absolute Gasteiger partial charge is 0.243 e. The smallest absolute Gasteiger partial charge is 0.0106 e. The Hall–Kier alpha value is -2.29. The number of fused-ring (bicyclic) bond motifs is 7. The van der Waals surface area contributed by atoms with E-state index in [1.54, 1.807) is 5.20 Å². The number of hydrogen-bond donors (Lipinski definition) is 0. The van der Waals surface area contributed by atoms with Crippen LogP contribution in [0.5, 0.6) is 0 Å². The van der Waals surface area contributed by atoms with Gasteiger partial charge in [0.15, 0.2) is 0 Å². The van der Waals surface area contributed by atoms with Gasteiger partial charge in [0.2, 0.25) is 0 Å². The van der Waals surface area contributed by atoms with E-state index in [1.807, 2.05) is 0 Å². The summed E-state index contributed by atoms with van der Waals surface area (Å²) in [5, 5.41) is 7.89. The highest BCUT2D eigenvalue weighted by molar-refractivity contribution is 8.32. The summed E-state index contributed by atoms with van der Waals surface area (Å²) in [6.45, 7) is 7.33. The lowest BCUT2D eigenvalue weighted by atomic mass is 9.79. The van der Waals surface area contributed by atoms with Gasteiger partial charge in [-0.1, -0.05) is 66.8 Å². The van der Waals surface area contributed by atoms with Crippen LogP contribution in [0.1, 0.15) is 22.3 Å².